The van der Waals surface area contributed by atoms with Gasteiger partial charge in [0.2, 0.25) is 0 Å². The monoisotopic (exact) mass is 326 g/mol. The van der Waals surface area contributed by atoms with Crippen LogP contribution in [0, 0.1) is 6.92 Å². The molecule has 126 valence electrons. The Balaban J connectivity index is 2.31. The molecule has 0 fully saturated rings. The van der Waals surface area contributed by atoms with Crippen LogP contribution in [0.3, 0.4) is 0 Å². The lowest BCUT2D eigenvalue weighted by atomic mass is 10.2. The van der Waals surface area contributed by atoms with Crippen molar-refractivity contribution in [3.05, 3.63) is 46.4 Å². The summed E-state index contributed by atoms with van der Waals surface area (Å²) in [5, 5.41) is 0. The van der Waals surface area contributed by atoms with E-state index < -0.39 is 0 Å². The molecule has 3 aromatic rings. The van der Waals surface area contributed by atoms with Gasteiger partial charge in [-0.25, -0.2) is 4.98 Å². The van der Waals surface area contributed by atoms with E-state index in [0.717, 1.165) is 22.4 Å². The Morgan fingerprint density at radius 3 is 2.75 bits per heavy atom. The Morgan fingerprint density at radius 1 is 1.33 bits per heavy atom. The maximum absolute atomic E-state index is 12.0. The van der Waals surface area contributed by atoms with Crippen molar-refractivity contribution in [2.24, 2.45) is 7.05 Å². The lowest BCUT2D eigenvalue weighted by Gasteiger charge is -2.17. The van der Waals surface area contributed by atoms with Gasteiger partial charge in [0, 0.05) is 37.2 Å². The number of methoxy groups -OCH3 is 1. The maximum Gasteiger partial charge on any atom is 0.253 e. The first-order valence-corrected chi connectivity index (χ1v) is 7.86. The summed E-state index contributed by atoms with van der Waals surface area (Å²) < 4.78 is 9.04. The molecule has 2 aromatic heterocycles. The van der Waals surface area contributed by atoms with Gasteiger partial charge in [0.25, 0.3) is 5.56 Å². The Kier molecular flexibility index (Phi) is 4.15. The number of benzene rings is 1. The highest BCUT2D eigenvalue weighted by Gasteiger charge is 2.18. The Bertz CT molecular complexity index is 929. The van der Waals surface area contributed by atoms with Gasteiger partial charge >= 0.3 is 0 Å². The molecule has 0 saturated heterocycles. The molecular weight excluding hydrogens is 304 g/mol. The number of rotatable bonds is 4. The fourth-order valence-electron chi connectivity index (χ4n) is 3.08. The topological polar surface area (TPSA) is 75.1 Å². The fourth-order valence-corrected chi connectivity index (χ4v) is 3.08. The summed E-state index contributed by atoms with van der Waals surface area (Å²) in [7, 11) is 3.43. The van der Waals surface area contributed by atoms with E-state index in [0.29, 0.717) is 17.9 Å². The van der Waals surface area contributed by atoms with E-state index in [4.69, 9.17) is 15.5 Å². The number of ether oxygens (including phenoxy) is 1. The van der Waals surface area contributed by atoms with Crippen molar-refractivity contribution in [2.45, 2.75) is 19.9 Å². The zero-order valence-corrected chi connectivity index (χ0v) is 14.4. The van der Waals surface area contributed by atoms with Gasteiger partial charge in [-0.2, -0.15) is 0 Å². The number of imidazole rings is 1. The second-order valence-electron chi connectivity index (χ2n) is 6.19. The van der Waals surface area contributed by atoms with Gasteiger partial charge in [-0.05, 0) is 38.1 Å². The van der Waals surface area contributed by atoms with Crippen LogP contribution in [0.25, 0.3) is 22.4 Å². The van der Waals surface area contributed by atoms with E-state index in [1.807, 2.05) is 37.4 Å². The second-order valence-corrected chi connectivity index (χ2v) is 6.19. The number of fused-ring (bicyclic) bond motifs is 1. The van der Waals surface area contributed by atoms with Gasteiger partial charge in [0.1, 0.15) is 5.82 Å². The highest BCUT2D eigenvalue weighted by Crippen LogP contribution is 2.29. The number of anilines is 1. The number of nitrogen functional groups attached to an aromatic ring is 1. The molecule has 0 bridgehead atoms. The first kappa shape index (κ1) is 16.3. The minimum Gasteiger partial charge on any atom is -0.399 e. The molecule has 1 aromatic carbocycles. The normalized spacial score (nSPS) is 12.7. The minimum atomic E-state index is -0.00408. The van der Waals surface area contributed by atoms with Crippen LogP contribution in [0.1, 0.15) is 18.5 Å². The summed E-state index contributed by atoms with van der Waals surface area (Å²) in [5.74, 6) is 0.804. The molecule has 6 nitrogen and oxygen atoms in total. The van der Waals surface area contributed by atoms with Crippen LogP contribution in [0.4, 0.5) is 5.69 Å². The molecule has 0 aliphatic heterocycles. The molecule has 2 heterocycles. The quantitative estimate of drug-likeness (QED) is 0.748. The van der Waals surface area contributed by atoms with Gasteiger partial charge in [0.05, 0.1) is 23.7 Å². The number of hydrogen-bond donors (Lipinski definition) is 1. The largest absolute Gasteiger partial charge is 0.399 e. The van der Waals surface area contributed by atoms with Crippen LogP contribution >= 0.6 is 0 Å². The molecule has 0 aliphatic carbocycles. The number of pyridine rings is 1. The predicted octanol–water partition coefficient (Wildman–Crippen LogP) is 2.50. The van der Waals surface area contributed by atoms with Crippen molar-refractivity contribution in [3.63, 3.8) is 0 Å². The van der Waals surface area contributed by atoms with E-state index in [9.17, 15) is 4.79 Å². The van der Waals surface area contributed by atoms with Crippen molar-refractivity contribution in [3.8, 4) is 11.4 Å². The van der Waals surface area contributed by atoms with Crippen molar-refractivity contribution in [1.82, 2.24) is 14.1 Å². The van der Waals surface area contributed by atoms with E-state index in [2.05, 4.69) is 11.5 Å². The number of nitrogens with zero attached hydrogens (tertiary/aromatic N) is 3. The summed E-state index contributed by atoms with van der Waals surface area (Å²) >= 11 is 0. The Hall–Kier alpha value is -2.60. The van der Waals surface area contributed by atoms with Crippen LogP contribution in [-0.4, -0.2) is 27.8 Å². The van der Waals surface area contributed by atoms with Crippen LogP contribution < -0.4 is 11.3 Å². The summed E-state index contributed by atoms with van der Waals surface area (Å²) in [4.78, 5) is 16.8. The van der Waals surface area contributed by atoms with Crippen molar-refractivity contribution < 1.29 is 4.74 Å². The summed E-state index contributed by atoms with van der Waals surface area (Å²) in [5.41, 5.74) is 10.1. The molecule has 0 saturated carbocycles. The number of hydrogen-bond acceptors (Lipinski definition) is 4. The standard InChI is InChI=1S/C18H22N4O2/c1-11-7-13(9-21(3)18(11)23)17-20-15-6-5-14(19)8-16(15)22(17)12(2)10-24-4/h5-9,12H,10,19H2,1-4H3/t12-/m0/s1. The first-order valence-electron chi connectivity index (χ1n) is 7.86. The van der Waals surface area contributed by atoms with Crippen LogP contribution in [0.15, 0.2) is 35.3 Å². The van der Waals surface area contributed by atoms with Crippen LogP contribution in [-0.2, 0) is 11.8 Å². The minimum absolute atomic E-state index is 0.00408. The molecule has 6 heteroatoms. The number of nitrogens with two attached hydrogens (primary N) is 1. The van der Waals surface area contributed by atoms with Crippen molar-refractivity contribution in [1.29, 1.82) is 0 Å². The lowest BCUT2D eigenvalue weighted by Crippen LogP contribution is -2.19. The Morgan fingerprint density at radius 2 is 2.08 bits per heavy atom. The summed E-state index contributed by atoms with van der Waals surface area (Å²) in [6.45, 7) is 4.44. The SMILES string of the molecule is COC[C@H](C)n1c(-c2cc(C)c(=O)n(C)c2)nc2ccc(N)cc21. The first-order chi connectivity index (χ1) is 11.4. The van der Waals surface area contributed by atoms with E-state index in [-0.39, 0.29) is 11.6 Å². The maximum atomic E-state index is 12.0. The highest BCUT2D eigenvalue weighted by molar-refractivity contribution is 5.83. The van der Waals surface area contributed by atoms with Crippen molar-refractivity contribution in [2.75, 3.05) is 19.5 Å². The molecular formula is C18H22N4O2. The molecule has 0 aliphatic rings. The average molecular weight is 326 g/mol. The average Bonchev–Trinajstić information content (AvgIpc) is 2.91. The highest BCUT2D eigenvalue weighted by atomic mass is 16.5. The van der Waals surface area contributed by atoms with E-state index >= 15 is 0 Å². The fraction of sp³-hybridized carbons (Fsp3) is 0.333. The van der Waals surface area contributed by atoms with Crippen molar-refractivity contribution >= 4 is 16.7 Å². The Labute approximate surface area is 140 Å². The van der Waals surface area contributed by atoms with Gasteiger partial charge in [-0.3, -0.25) is 4.79 Å². The zero-order valence-electron chi connectivity index (χ0n) is 14.4. The lowest BCUT2D eigenvalue weighted by molar-refractivity contribution is 0.164. The molecule has 3 rings (SSSR count). The molecule has 0 unspecified atom stereocenters. The molecule has 0 spiro atoms. The smallest absolute Gasteiger partial charge is 0.253 e. The summed E-state index contributed by atoms with van der Waals surface area (Å²) in [6, 6.07) is 7.64. The zero-order chi connectivity index (χ0) is 17.4. The van der Waals surface area contributed by atoms with Crippen LogP contribution in [0.2, 0.25) is 0 Å². The molecule has 0 amide bonds. The third-order valence-corrected chi connectivity index (χ3v) is 4.18. The van der Waals surface area contributed by atoms with E-state index in [1.54, 1.807) is 18.7 Å². The van der Waals surface area contributed by atoms with E-state index in [1.165, 1.54) is 0 Å². The molecule has 24 heavy (non-hydrogen) atoms. The number of aryl methyl sites for hydroxylation is 2. The third kappa shape index (κ3) is 2.69. The number of aromatic nitrogens is 3. The van der Waals surface area contributed by atoms with Gasteiger partial charge in [-0.1, -0.05) is 0 Å². The molecule has 2 N–H and O–H groups in total. The van der Waals surface area contributed by atoms with Gasteiger partial charge in [-0.15, -0.1) is 0 Å². The molecule has 1 atom stereocenters. The molecule has 0 radical (unpaired) electrons. The van der Waals surface area contributed by atoms with Crippen LogP contribution in [0.5, 0.6) is 0 Å². The van der Waals surface area contributed by atoms with Gasteiger partial charge in [0.15, 0.2) is 0 Å². The predicted molar refractivity (Wildman–Crippen MR) is 96.1 cm³/mol. The van der Waals surface area contributed by atoms with Gasteiger partial charge < -0.3 is 19.6 Å². The second kappa shape index (κ2) is 6.13. The summed E-state index contributed by atoms with van der Waals surface area (Å²) in [6.07, 6.45) is 1.82. The third-order valence-electron chi connectivity index (χ3n) is 4.18.